The minimum atomic E-state index is -0.584. The molecule has 2 amide bonds. The lowest BCUT2D eigenvalue weighted by molar-refractivity contribution is -0.117. The van der Waals surface area contributed by atoms with Gasteiger partial charge < -0.3 is 14.8 Å². The molecule has 0 aliphatic rings. The van der Waals surface area contributed by atoms with E-state index in [2.05, 4.69) is 36.6 Å². The van der Waals surface area contributed by atoms with Gasteiger partial charge in [0.05, 0.1) is 20.4 Å². The number of nitrogens with one attached hydrogen (secondary N) is 2. The zero-order valence-corrected chi connectivity index (χ0v) is 21.2. The van der Waals surface area contributed by atoms with Crippen LogP contribution in [0.4, 0.5) is 0 Å². The number of nitrogens with zero attached hydrogens (tertiary/aromatic N) is 1. The first kappa shape index (κ1) is 26.2. The van der Waals surface area contributed by atoms with E-state index in [1.807, 2.05) is 30.3 Å². The van der Waals surface area contributed by atoms with Crippen LogP contribution in [-0.4, -0.2) is 32.2 Å². The third-order valence-corrected chi connectivity index (χ3v) is 5.43. The zero-order valence-electron chi connectivity index (χ0n) is 21.2. The van der Waals surface area contributed by atoms with Crippen LogP contribution in [0.2, 0.25) is 0 Å². The fourth-order valence-corrected chi connectivity index (χ4v) is 3.33. The van der Waals surface area contributed by atoms with Crippen molar-refractivity contribution >= 4 is 24.1 Å². The van der Waals surface area contributed by atoms with E-state index in [0.717, 1.165) is 5.56 Å². The quantitative estimate of drug-likeness (QED) is 0.269. The van der Waals surface area contributed by atoms with Crippen LogP contribution >= 0.6 is 0 Å². The van der Waals surface area contributed by atoms with Gasteiger partial charge in [-0.1, -0.05) is 63.2 Å². The van der Waals surface area contributed by atoms with Crippen molar-refractivity contribution < 1.29 is 19.1 Å². The molecule has 3 aromatic carbocycles. The number of hydrogen-bond donors (Lipinski definition) is 2. The number of ether oxygens (including phenoxy) is 2. The van der Waals surface area contributed by atoms with Crippen molar-refractivity contribution in [3.8, 4) is 11.5 Å². The van der Waals surface area contributed by atoms with Crippen LogP contribution in [-0.2, 0) is 10.2 Å². The van der Waals surface area contributed by atoms with E-state index < -0.39 is 11.8 Å². The Kier molecular flexibility index (Phi) is 8.62. The van der Waals surface area contributed by atoms with E-state index in [1.165, 1.54) is 18.7 Å². The van der Waals surface area contributed by atoms with Crippen molar-refractivity contribution in [1.82, 2.24) is 10.7 Å². The SMILES string of the molecule is COc1ccc(C=C(NC(=O)c2ccccc2)C(=O)NN=Cc2ccc(C(C)(C)C)cc2)c(OC)c1. The molecule has 0 aliphatic heterocycles. The fourth-order valence-electron chi connectivity index (χ4n) is 3.33. The monoisotopic (exact) mass is 485 g/mol. The molecule has 3 aromatic rings. The van der Waals surface area contributed by atoms with Gasteiger partial charge in [-0.05, 0) is 46.9 Å². The first-order valence-corrected chi connectivity index (χ1v) is 11.5. The molecule has 0 unspecified atom stereocenters. The molecule has 0 aromatic heterocycles. The zero-order chi connectivity index (χ0) is 26.1. The Morgan fingerprint density at radius 2 is 1.58 bits per heavy atom. The molecule has 0 aliphatic carbocycles. The van der Waals surface area contributed by atoms with Gasteiger partial charge in [-0.25, -0.2) is 5.43 Å². The van der Waals surface area contributed by atoms with Crippen molar-refractivity contribution in [1.29, 1.82) is 0 Å². The summed E-state index contributed by atoms with van der Waals surface area (Å²) in [7, 11) is 3.07. The smallest absolute Gasteiger partial charge is 0.287 e. The summed E-state index contributed by atoms with van der Waals surface area (Å²) in [5, 5.41) is 6.76. The van der Waals surface area contributed by atoms with E-state index in [9.17, 15) is 9.59 Å². The molecule has 0 radical (unpaired) electrons. The third kappa shape index (κ3) is 7.06. The van der Waals surface area contributed by atoms with Crippen LogP contribution in [0.25, 0.3) is 6.08 Å². The van der Waals surface area contributed by atoms with Crippen LogP contribution in [0.5, 0.6) is 11.5 Å². The topological polar surface area (TPSA) is 89.0 Å². The minimum absolute atomic E-state index is 0.00699. The molecule has 2 N–H and O–H groups in total. The number of carbonyl (C=O) groups excluding carboxylic acids is 2. The van der Waals surface area contributed by atoms with Gasteiger partial charge >= 0.3 is 0 Å². The maximum absolute atomic E-state index is 13.0. The first-order valence-electron chi connectivity index (χ1n) is 11.5. The average Bonchev–Trinajstić information content (AvgIpc) is 2.88. The maximum Gasteiger partial charge on any atom is 0.287 e. The Morgan fingerprint density at radius 3 is 2.19 bits per heavy atom. The van der Waals surface area contributed by atoms with Gasteiger partial charge in [0, 0.05) is 17.2 Å². The van der Waals surface area contributed by atoms with Crippen LogP contribution in [0.3, 0.4) is 0 Å². The summed E-state index contributed by atoms with van der Waals surface area (Å²) in [6.07, 6.45) is 3.08. The molecule has 0 saturated heterocycles. The third-order valence-electron chi connectivity index (χ3n) is 5.43. The highest BCUT2D eigenvalue weighted by Gasteiger charge is 2.16. The molecule has 186 valence electrons. The van der Waals surface area contributed by atoms with Crippen LogP contribution in [0.15, 0.2) is 83.6 Å². The standard InChI is InChI=1S/C29H31N3O4/c1-29(2,3)23-14-11-20(12-15-23)19-30-32-28(34)25(31-27(33)21-9-7-6-8-10-21)17-22-13-16-24(35-4)18-26(22)36-5/h6-19H,1-5H3,(H,31,33)(H,32,34). The van der Waals surface area contributed by atoms with Crippen molar-refractivity contribution in [2.45, 2.75) is 26.2 Å². The van der Waals surface area contributed by atoms with E-state index in [1.54, 1.807) is 55.8 Å². The maximum atomic E-state index is 13.0. The van der Waals surface area contributed by atoms with Gasteiger partial charge in [-0.2, -0.15) is 5.10 Å². The first-order chi connectivity index (χ1) is 17.2. The average molecular weight is 486 g/mol. The van der Waals surface area contributed by atoms with Crippen LogP contribution in [0.1, 0.15) is 47.8 Å². The van der Waals surface area contributed by atoms with Gasteiger partial charge in [-0.3, -0.25) is 9.59 Å². The van der Waals surface area contributed by atoms with E-state index >= 15 is 0 Å². The highest BCUT2D eigenvalue weighted by Crippen LogP contribution is 2.26. The molecule has 0 spiro atoms. The molecule has 0 saturated carbocycles. The molecule has 0 fully saturated rings. The van der Waals surface area contributed by atoms with Gasteiger partial charge in [0.1, 0.15) is 17.2 Å². The van der Waals surface area contributed by atoms with Gasteiger partial charge in [0.15, 0.2) is 0 Å². The lowest BCUT2D eigenvalue weighted by Crippen LogP contribution is -2.32. The van der Waals surface area contributed by atoms with Gasteiger partial charge in [0.25, 0.3) is 11.8 Å². The number of amides is 2. The molecule has 0 heterocycles. The van der Waals surface area contributed by atoms with Crippen molar-refractivity contribution in [3.05, 3.63) is 101 Å². The Labute approximate surface area is 211 Å². The summed E-state index contributed by atoms with van der Waals surface area (Å²) in [6, 6.07) is 21.7. The summed E-state index contributed by atoms with van der Waals surface area (Å²) in [6.45, 7) is 6.43. The number of rotatable bonds is 8. The largest absolute Gasteiger partial charge is 0.497 e. The number of hydrogen-bond acceptors (Lipinski definition) is 5. The predicted molar refractivity (Wildman–Crippen MR) is 142 cm³/mol. The normalized spacial score (nSPS) is 11.8. The second-order valence-electron chi connectivity index (χ2n) is 9.06. The van der Waals surface area contributed by atoms with Crippen LogP contribution < -0.4 is 20.2 Å². The number of hydrazone groups is 1. The Balaban J connectivity index is 1.84. The second kappa shape index (κ2) is 11.8. The van der Waals surface area contributed by atoms with Crippen molar-refractivity contribution in [2.24, 2.45) is 5.10 Å². The number of carbonyl (C=O) groups is 2. The van der Waals surface area contributed by atoms with Crippen molar-refractivity contribution in [2.75, 3.05) is 14.2 Å². The molecular weight excluding hydrogens is 454 g/mol. The summed E-state index contributed by atoms with van der Waals surface area (Å²) in [4.78, 5) is 25.8. The van der Waals surface area contributed by atoms with E-state index in [-0.39, 0.29) is 11.1 Å². The molecule has 3 rings (SSSR count). The van der Waals surface area contributed by atoms with E-state index in [4.69, 9.17) is 9.47 Å². The Morgan fingerprint density at radius 1 is 0.889 bits per heavy atom. The number of methoxy groups -OCH3 is 2. The number of benzene rings is 3. The summed E-state index contributed by atoms with van der Waals surface area (Å²) < 4.78 is 10.7. The minimum Gasteiger partial charge on any atom is -0.497 e. The van der Waals surface area contributed by atoms with Crippen LogP contribution in [0, 0.1) is 0 Å². The summed E-state index contributed by atoms with van der Waals surface area (Å²) in [5.74, 6) is 0.0763. The van der Waals surface area contributed by atoms with Gasteiger partial charge in [-0.15, -0.1) is 0 Å². The highest BCUT2D eigenvalue weighted by atomic mass is 16.5. The Hall–Kier alpha value is -4.39. The molecule has 36 heavy (non-hydrogen) atoms. The fraction of sp³-hybridized carbons (Fsp3) is 0.207. The van der Waals surface area contributed by atoms with Crippen molar-refractivity contribution in [3.63, 3.8) is 0 Å². The summed E-state index contributed by atoms with van der Waals surface area (Å²) >= 11 is 0. The molecular formula is C29H31N3O4. The molecule has 0 atom stereocenters. The lowest BCUT2D eigenvalue weighted by Gasteiger charge is -2.18. The molecule has 7 heteroatoms. The van der Waals surface area contributed by atoms with Gasteiger partial charge in [0.2, 0.25) is 0 Å². The molecule has 0 bridgehead atoms. The second-order valence-corrected chi connectivity index (χ2v) is 9.06. The summed E-state index contributed by atoms with van der Waals surface area (Å²) in [5.41, 5.74) is 5.58. The van der Waals surface area contributed by atoms with E-state index in [0.29, 0.717) is 22.6 Å². The highest BCUT2D eigenvalue weighted by molar-refractivity contribution is 6.05. The molecule has 7 nitrogen and oxygen atoms in total. The predicted octanol–water partition coefficient (Wildman–Crippen LogP) is 4.92. The lowest BCUT2D eigenvalue weighted by atomic mass is 9.87. The Bertz CT molecular complexity index is 1260.